The summed E-state index contributed by atoms with van der Waals surface area (Å²) in [5.41, 5.74) is 2.18. The van der Waals surface area contributed by atoms with Crippen molar-refractivity contribution in [3.05, 3.63) is 23.8 Å². The number of rotatable bonds is 5. The number of fused-ring (bicyclic) bond motifs is 1. The standard InChI is InChI=1S/C15H21N3OS/c1-5-18(6-2)14(19)11(4)16-15-17-13-10(3)8-7-9-12(13)20-15/h7-9,11H,5-6H2,1-4H3,(H,16,17). The largest absolute Gasteiger partial charge is 0.350 e. The zero-order valence-corrected chi connectivity index (χ0v) is 13.3. The van der Waals surface area contributed by atoms with Gasteiger partial charge in [-0.1, -0.05) is 23.5 Å². The van der Waals surface area contributed by atoms with Crippen LogP contribution in [-0.2, 0) is 4.79 Å². The van der Waals surface area contributed by atoms with Gasteiger partial charge >= 0.3 is 0 Å². The number of nitrogens with zero attached hydrogens (tertiary/aromatic N) is 2. The Hall–Kier alpha value is -1.62. The molecule has 1 amide bonds. The lowest BCUT2D eigenvalue weighted by molar-refractivity contribution is -0.131. The van der Waals surface area contributed by atoms with Gasteiger partial charge in [0.1, 0.15) is 6.04 Å². The predicted molar refractivity (Wildman–Crippen MR) is 85.4 cm³/mol. The first-order valence-electron chi connectivity index (χ1n) is 6.98. The van der Waals surface area contributed by atoms with Gasteiger partial charge in [-0.25, -0.2) is 4.98 Å². The van der Waals surface area contributed by atoms with Crippen LogP contribution in [0.5, 0.6) is 0 Å². The predicted octanol–water partition coefficient (Wildman–Crippen LogP) is 3.27. The maximum atomic E-state index is 12.2. The Morgan fingerprint density at radius 3 is 2.70 bits per heavy atom. The zero-order valence-electron chi connectivity index (χ0n) is 12.4. The van der Waals surface area contributed by atoms with Gasteiger partial charge in [-0.3, -0.25) is 4.79 Å². The molecule has 108 valence electrons. The third-order valence-corrected chi connectivity index (χ3v) is 4.36. The van der Waals surface area contributed by atoms with E-state index in [2.05, 4.69) is 29.4 Å². The highest BCUT2D eigenvalue weighted by Crippen LogP contribution is 2.28. The molecule has 0 aliphatic rings. The summed E-state index contributed by atoms with van der Waals surface area (Å²) < 4.78 is 1.15. The Morgan fingerprint density at radius 1 is 1.40 bits per heavy atom. The van der Waals surface area contributed by atoms with Crippen LogP contribution in [0.15, 0.2) is 18.2 Å². The quantitative estimate of drug-likeness (QED) is 0.919. The van der Waals surface area contributed by atoms with E-state index in [0.717, 1.165) is 34.0 Å². The van der Waals surface area contributed by atoms with Gasteiger partial charge in [0.25, 0.3) is 0 Å². The first kappa shape index (κ1) is 14.8. The molecule has 1 heterocycles. The van der Waals surface area contributed by atoms with E-state index in [4.69, 9.17) is 0 Å². The van der Waals surface area contributed by atoms with Crippen molar-refractivity contribution < 1.29 is 4.79 Å². The molecule has 0 saturated heterocycles. The van der Waals surface area contributed by atoms with Gasteiger partial charge in [0, 0.05) is 13.1 Å². The van der Waals surface area contributed by atoms with Gasteiger partial charge in [-0.15, -0.1) is 0 Å². The van der Waals surface area contributed by atoms with Gasteiger partial charge < -0.3 is 10.2 Å². The van der Waals surface area contributed by atoms with Crippen molar-refractivity contribution in [2.24, 2.45) is 0 Å². The van der Waals surface area contributed by atoms with Crippen LogP contribution in [0, 0.1) is 6.92 Å². The first-order valence-corrected chi connectivity index (χ1v) is 7.80. The average molecular weight is 291 g/mol. The SMILES string of the molecule is CCN(CC)C(=O)C(C)Nc1nc2c(C)cccc2s1. The summed E-state index contributed by atoms with van der Waals surface area (Å²) in [5.74, 6) is 0.117. The molecule has 0 saturated carbocycles. The fourth-order valence-corrected chi connectivity index (χ4v) is 3.23. The fraction of sp³-hybridized carbons (Fsp3) is 0.467. The highest BCUT2D eigenvalue weighted by molar-refractivity contribution is 7.22. The van der Waals surface area contributed by atoms with Crippen LogP contribution in [0.4, 0.5) is 5.13 Å². The average Bonchev–Trinajstić information content (AvgIpc) is 2.84. The molecule has 1 atom stereocenters. The smallest absolute Gasteiger partial charge is 0.244 e. The minimum atomic E-state index is -0.254. The second-order valence-corrected chi connectivity index (χ2v) is 5.85. The Kier molecular flexibility index (Phi) is 4.60. The molecule has 2 rings (SSSR count). The van der Waals surface area contributed by atoms with E-state index in [-0.39, 0.29) is 11.9 Å². The molecule has 0 radical (unpaired) electrons. The molecule has 1 aromatic carbocycles. The number of benzene rings is 1. The monoisotopic (exact) mass is 291 g/mol. The number of carbonyl (C=O) groups is 1. The maximum Gasteiger partial charge on any atom is 0.244 e. The van der Waals surface area contributed by atoms with Crippen molar-refractivity contribution in [3.63, 3.8) is 0 Å². The number of amides is 1. The number of likely N-dealkylation sites (N-methyl/N-ethyl adjacent to an activating group) is 1. The molecule has 0 spiro atoms. The van der Waals surface area contributed by atoms with Crippen molar-refractivity contribution in [1.82, 2.24) is 9.88 Å². The highest BCUT2D eigenvalue weighted by atomic mass is 32.1. The van der Waals surface area contributed by atoms with Crippen molar-refractivity contribution in [1.29, 1.82) is 0 Å². The zero-order chi connectivity index (χ0) is 14.7. The fourth-order valence-electron chi connectivity index (χ4n) is 2.20. The van der Waals surface area contributed by atoms with Gasteiger partial charge in [0.2, 0.25) is 5.91 Å². The second-order valence-electron chi connectivity index (χ2n) is 4.82. The molecule has 0 aliphatic carbocycles. The van der Waals surface area contributed by atoms with Gasteiger partial charge in [0.05, 0.1) is 10.2 Å². The van der Waals surface area contributed by atoms with Gasteiger partial charge in [-0.05, 0) is 39.3 Å². The van der Waals surface area contributed by atoms with Crippen LogP contribution in [0.1, 0.15) is 26.3 Å². The lowest BCUT2D eigenvalue weighted by Gasteiger charge is -2.23. The van der Waals surface area contributed by atoms with Gasteiger partial charge in [-0.2, -0.15) is 0 Å². The number of hydrogen-bond donors (Lipinski definition) is 1. The molecule has 1 unspecified atom stereocenters. The van der Waals surface area contributed by atoms with Crippen molar-refractivity contribution in [3.8, 4) is 0 Å². The summed E-state index contributed by atoms with van der Waals surface area (Å²) in [6, 6.07) is 5.89. The Balaban J connectivity index is 2.15. The molecule has 0 bridgehead atoms. The van der Waals surface area contributed by atoms with Crippen molar-refractivity contribution in [2.75, 3.05) is 18.4 Å². The third kappa shape index (κ3) is 2.93. The molecule has 0 aliphatic heterocycles. The van der Waals surface area contributed by atoms with Crippen molar-refractivity contribution in [2.45, 2.75) is 33.7 Å². The Bertz CT molecular complexity index is 604. The van der Waals surface area contributed by atoms with Crippen LogP contribution in [0.25, 0.3) is 10.2 Å². The normalized spacial score (nSPS) is 12.4. The van der Waals surface area contributed by atoms with Crippen LogP contribution >= 0.6 is 11.3 Å². The maximum absolute atomic E-state index is 12.2. The molecular weight excluding hydrogens is 270 g/mol. The minimum Gasteiger partial charge on any atom is -0.350 e. The topological polar surface area (TPSA) is 45.2 Å². The van der Waals surface area contributed by atoms with Crippen LogP contribution in [-0.4, -0.2) is 34.9 Å². The number of thiazole rings is 1. The molecule has 1 N–H and O–H groups in total. The lowest BCUT2D eigenvalue weighted by Crippen LogP contribution is -2.41. The van der Waals surface area contributed by atoms with E-state index in [0.29, 0.717) is 0 Å². The van der Waals surface area contributed by atoms with Crippen molar-refractivity contribution >= 4 is 32.6 Å². The highest BCUT2D eigenvalue weighted by Gasteiger charge is 2.19. The van der Waals surface area contributed by atoms with E-state index in [1.165, 1.54) is 0 Å². The van der Waals surface area contributed by atoms with E-state index in [9.17, 15) is 4.79 Å². The molecule has 4 nitrogen and oxygen atoms in total. The molecule has 5 heteroatoms. The summed E-state index contributed by atoms with van der Waals surface area (Å²) in [5, 5.41) is 4.03. The Morgan fingerprint density at radius 2 is 2.10 bits per heavy atom. The number of para-hydroxylation sites is 1. The summed E-state index contributed by atoms with van der Waals surface area (Å²) in [7, 11) is 0. The molecule has 1 aromatic heterocycles. The minimum absolute atomic E-state index is 0.117. The first-order chi connectivity index (χ1) is 9.56. The summed E-state index contributed by atoms with van der Waals surface area (Å²) in [6.45, 7) is 9.40. The third-order valence-electron chi connectivity index (χ3n) is 3.41. The van der Waals surface area contributed by atoms with E-state index in [1.807, 2.05) is 31.7 Å². The summed E-state index contributed by atoms with van der Waals surface area (Å²) in [6.07, 6.45) is 0. The van der Waals surface area contributed by atoms with Gasteiger partial charge in [0.15, 0.2) is 5.13 Å². The molecule has 0 fully saturated rings. The molecule has 2 aromatic rings. The van der Waals surface area contributed by atoms with E-state index >= 15 is 0 Å². The summed E-state index contributed by atoms with van der Waals surface area (Å²) in [4.78, 5) is 18.6. The molecular formula is C15H21N3OS. The lowest BCUT2D eigenvalue weighted by atomic mass is 10.2. The number of carbonyl (C=O) groups excluding carboxylic acids is 1. The molecule has 20 heavy (non-hydrogen) atoms. The van der Waals surface area contributed by atoms with E-state index in [1.54, 1.807) is 11.3 Å². The van der Waals surface area contributed by atoms with Crippen LogP contribution in [0.3, 0.4) is 0 Å². The number of anilines is 1. The summed E-state index contributed by atoms with van der Waals surface area (Å²) >= 11 is 1.59. The van der Waals surface area contributed by atoms with Crippen LogP contribution < -0.4 is 5.32 Å². The number of aromatic nitrogens is 1. The number of hydrogen-bond acceptors (Lipinski definition) is 4. The van der Waals surface area contributed by atoms with E-state index < -0.39 is 0 Å². The number of aryl methyl sites for hydroxylation is 1. The number of nitrogens with one attached hydrogen (secondary N) is 1. The Labute approximate surface area is 123 Å². The second kappa shape index (κ2) is 6.22. The van der Waals surface area contributed by atoms with Crippen LogP contribution in [0.2, 0.25) is 0 Å².